The molecule has 0 fully saturated rings. The van der Waals surface area contributed by atoms with Crippen LogP contribution < -0.4 is 0 Å². The summed E-state index contributed by atoms with van der Waals surface area (Å²) in [7, 11) is 0. The lowest BCUT2D eigenvalue weighted by atomic mass is 10.7. The second kappa shape index (κ2) is 2.52. The molecule has 1 heterocycles. The van der Waals surface area contributed by atoms with Gasteiger partial charge in [0.1, 0.15) is 5.82 Å². The normalized spacial score (nSPS) is 8.56. The first-order chi connectivity index (χ1) is 4.34. The van der Waals surface area contributed by atoms with Gasteiger partial charge in [0.2, 0.25) is 0 Å². The molecule has 0 unspecified atom stereocenters. The summed E-state index contributed by atoms with van der Waals surface area (Å²) in [5, 5.41) is 9.37. The lowest BCUT2D eigenvalue weighted by Gasteiger charge is -1.78. The summed E-state index contributed by atoms with van der Waals surface area (Å²) >= 11 is 3.11. The summed E-state index contributed by atoms with van der Waals surface area (Å²) in [5.74, 6) is 0.400. The molecular formula is C3H2BrN5. The van der Waals surface area contributed by atoms with Crippen LogP contribution in [0.5, 0.6) is 0 Å². The van der Waals surface area contributed by atoms with Crippen LogP contribution in [0.25, 0.3) is 10.4 Å². The molecule has 1 aromatic rings. The van der Waals surface area contributed by atoms with Gasteiger partial charge in [0.25, 0.3) is 0 Å². The first-order valence-electron chi connectivity index (χ1n) is 2.08. The Morgan fingerprint density at radius 1 is 1.89 bits per heavy atom. The van der Waals surface area contributed by atoms with Crippen LogP contribution in [0.1, 0.15) is 0 Å². The first kappa shape index (κ1) is 6.12. The van der Waals surface area contributed by atoms with Gasteiger partial charge < -0.3 is 0 Å². The molecule has 0 aromatic carbocycles. The van der Waals surface area contributed by atoms with Crippen LogP contribution in [0.4, 0.5) is 5.82 Å². The summed E-state index contributed by atoms with van der Waals surface area (Å²) in [4.78, 5) is 2.56. The van der Waals surface area contributed by atoms with Gasteiger partial charge in [-0.1, -0.05) is 0 Å². The minimum absolute atomic E-state index is 0.400. The minimum Gasteiger partial charge on any atom is -0.275 e. The molecule has 0 saturated heterocycles. The summed E-state index contributed by atoms with van der Waals surface area (Å²) in [6, 6.07) is 0. The average Bonchev–Trinajstić information content (AvgIpc) is 2.18. The second-order valence-corrected chi connectivity index (χ2v) is 2.11. The summed E-state index contributed by atoms with van der Waals surface area (Å²) in [6.07, 6.45) is 1.52. The Bertz CT molecular complexity index is 246. The number of hydrogen-bond donors (Lipinski definition) is 1. The van der Waals surface area contributed by atoms with E-state index in [1.54, 1.807) is 0 Å². The monoisotopic (exact) mass is 187 g/mol. The van der Waals surface area contributed by atoms with Gasteiger partial charge in [-0.3, -0.25) is 5.10 Å². The van der Waals surface area contributed by atoms with E-state index in [4.69, 9.17) is 5.53 Å². The fourth-order valence-electron chi connectivity index (χ4n) is 0.379. The summed E-state index contributed by atoms with van der Waals surface area (Å²) in [6.45, 7) is 0. The molecule has 0 atom stereocenters. The smallest absolute Gasteiger partial charge is 0.135 e. The third-order valence-electron chi connectivity index (χ3n) is 0.719. The predicted octanol–water partition coefficient (Wildman–Crippen LogP) is 2.11. The number of hydrogen-bond acceptors (Lipinski definition) is 2. The van der Waals surface area contributed by atoms with Crippen molar-refractivity contribution in [1.82, 2.24) is 10.2 Å². The molecular weight excluding hydrogens is 186 g/mol. The van der Waals surface area contributed by atoms with E-state index in [2.05, 4.69) is 36.2 Å². The van der Waals surface area contributed by atoms with Crippen LogP contribution in [0.3, 0.4) is 0 Å². The molecule has 5 nitrogen and oxygen atoms in total. The number of H-pyrrole nitrogens is 1. The fraction of sp³-hybridized carbons (Fsp3) is 0. The van der Waals surface area contributed by atoms with Crippen LogP contribution in [0.15, 0.2) is 15.8 Å². The van der Waals surface area contributed by atoms with Crippen LogP contribution in [-0.4, -0.2) is 10.2 Å². The van der Waals surface area contributed by atoms with E-state index in [1.807, 2.05) is 0 Å². The highest BCUT2D eigenvalue weighted by Gasteiger charge is 1.94. The Kier molecular flexibility index (Phi) is 1.72. The third-order valence-corrected chi connectivity index (χ3v) is 1.30. The van der Waals surface area contributed by atoms with E-state index in [9.17, 15) is 0 Å². The number of aromatic amines is 1. The lowest BCUT2D eigenvalue weighted by molar-refractivity contribution is 1.08. The molecule has 0 aliphatic heterocycles. The van der Waals surface area contributed by atoms with Gasteiger partial charge in [-0.15, -0.1) is 0 Å². The van der Waals surface area contributed by atoms with Crippen LogP contribution in [0.2, 0.25) is 0 Å². The van der Waals surface area contributed by atoms with Crippen LogP contribution in [-0.2, 0) is 0 Å². The molecule has 0 aliphatic carbocycles. The number of azide groups is 1. The van der Waals surface area contributed by atoms with Crippen molar-refractivity contribution in [3.05, 3.63) is 21.1 Å². The molecule has 0 aliphatic rings. The third kappa shape index (κ3) is 1.22. The zero-order chi connectivity index (χ0) is 6.69. The van der Waals surface area contributed by atoms with E-state index in [1.165, 1.54) is 6.20 Å². The molecule has 46 valence electrons. The highest BCUT2D eigenvalue weighted by molar-refractivity contribution is 9.10. The zero-order valence-corrected chi connectivity index (χ0v) is 5.83. The van der Waals surface area contributed by atoms with Gasteiger partial charge in [-0.2, -0.15) is 5.10 Å². The van der Waals surface area contributed by atoms with Crippen molar-refractivity contribution < 1.29 is 0 Å². The average molecular weight is 188 g/mol. The second-order valence-electron chi connectivity index (χ2n) is 1.26. The van der Waals surface area contributed by atoms with Gasteiger partial charge in [0.05, 0.1) is 10.7 Å². The van der Waals surface area contributed by atoms with Crippen molar-refractivity contribution in [2.45, 2.75) is 0 Å². The summed E-state index contributed by atoms with van der Waals surface area (Å²) < 4.78 is 0.667. The van der Waals surface area contributed by atoms with Gasteiger partial charge in [0.15, 0.2) is 0 Å². The first-order valence-corrected chi connectivity index (χ1v) is 2.88. The minimum atomic E-state index is 0.400. The number of halogens is 1. The Morgan fingerprint density at radius 3 is 3.11 bits per heavy atom. The van der Waals surface area contributed by atoms with Crippen LogP contribution in [0, 0.1) is 0 Å². The van der Waals surface area contributed by atoms with Gasteiger partial charge in [0, 0.05) is 4.91 Å². The SMILES string of the molecule is [N-]=[N+]=Nc1[nH]ncc1Br. The largest absolute Gasteiger partial charge is 0.275 e. The number of nitrogens with zero attached hydrogens (tertiary/aromatic N) is 4. The Labute approximate surface area is 58.8 Å². The lowest BCUT2D eigenvalue weighted by Crippen LogP contribution is -1.60. The van der Waals surface area contributed by atoms with Gasteiger partial charge in [-0.25, -0.2) is 0 Å². The zero-order valence-electron chi connectivity index (χ0n) is 4.24. The Morgan fingerprint density at radius 2 is 2.67 bits per heavy atom. The van der Waals surface area contributed by atoms with Crippen molar-refractivity contribution in [3.8, 4) is 0 Å². The van der Waals surface area contributed by atoms with E-state index in [0.29, 0.717) is 10.3 Å². The highest BCUT2D eigenvalue weighted by atomic mass is 79.9. The number of nitrogens with one attached hydrogen (secondary N) is 1. The standard InChI is InChI=1S/C3H2BrN5/c4-2-1-6-7-3(2)8-9-5/h1H,(H,6,7). The molecule has 9 heavy (non-hydrogen) atoms. The highest BCUT2D eigenvalue weighted by Crippen LogP contribution is 2.20. The van der Waals surface area contributed by atoms with Gasteiger partial charge in [-0.05, 0) is 26.6 Å². The van der Waals surface area contributed by atoms with Crippen molar-refractivity contribution in [2.24, 2.45) is 5.11 Å². The Hall–Kier alpha value is -1.00. The molecule has 6 heteroatoms. The van der Waals surface area contributed by atoms with E-state index < -0.39 is 0 Å². The van der Waals surface area contributed by atoms with Crippen LogP contribution >= 0.6 is 15.9 Å². The van der Waals surface area contributed by atoms with Crippen molar-refractivity contribution in [3.63, 3.8) is 0 Å². The molecule has 0 bridgehead atoms. The van der Waals surface area contributed by atoms with E-state index >= 15 is 0 Å². The van der Waals surface area contributed by atoms with Crippen molar-refractivity contribution in [1.29, 1.82) is 0 Å². The molecule has 0 saturated carbocycles. The van der Waals surface area contributed by atoms with Crippen molar-refractivity contribution >= 4 is 21.7 Å². The maximum atomic E-state index is 7.95. The summed E-state index contributed by atoms with van der Waals surface area (Å²) in [5.41, 5.74) is 7.95. The van der Waals surface area contributed by atoms with Gasteiger partial charge >= 0.3 is 0 Å². The predicted molar refractivity (Wildman–Crippen MR) is 35.1 cm³/mol. The number of aromatic nitrogens is 2. The molecule has 0 amide bonds. The molecule has 1 rings (SSSR count). The Balaban J connectivity index is 3.07. The molecule has 0 radical (unpaired) electrons. The fourth-order valence-corrected chi connectivity index (χ4v) is 0.650. The molecule has 1 aromatic heterocycles. The van der Waals surface area contributed by atoms with E-state index in [0.717, 1.165) is 0 Å². The topological polar surface area (TPSA) is 77.4 Å². The van der Waals surface area contributed by atoms with E-state index in [-0.39, 0.29) is 0 Å². The van der Waals surface area contributed by atoms with Crippen molar-refractivity contribution in [2.75, 3.05) is 0 Å². The number of rotatable bonds is 1. The quantitative estimate of drug-likeness (QED) is 0.408. The maximum absolute atomic E-state index is 7.95. The molecule has 0 spiro atoms. The molecule has 1 N–H and O–H groups in total. The maximum Gasteiger partial charge on any atom is 0.135 e.